The van der Waals surface area contributed by atoms with E-state index in [2.05, 4.69) is 37.9 Å². The maximum Gasteiger partial charge on any atom is 0.231 e. The van der Waals surface area contributed by atoms with E-state index in [1.54, 1.807) is 0 Å². The fourth-order valence-electron chi connectivity index (χ4n) is 2.16. The van der Waals surface area contributed by atoms with Crippen LogP contribution in [0.1, 0.15) is 16.7 Å². The summed E-state index contributed by atoms with van der Waals surface area (Å²) in [6.07, 6.45) is 1.85. The van der Waals surface area contributed by atoms with Gasteiger partial charge in [-0.1, -0.05) is 31.9 Å². The molecule has 0 N–H and O–H groups in total. The van der Waals surface area contributed by atoms with Crippen molar-refractivity contribution >= 4 is 43.5 Å². The third kappa shape index (κ3) is 2.90. The van der Waals surface area contributed by atoms with Gasteiger partial charge in [0.1, 0.15) is 0 Å². The number of nitrogens with zero attached hydrogens (tertiary/aromatic N) is 1. The van der Waals surface area contributed by atoms with Gasteiger partial charge in [0, 0.05) is 8.95 Å². The SMILES string of the molecule is Cc1c(Br)cc(/C=C(/C#N)c2ccc3c(c2)OCO3)cc1Br. The lowest BCUT2D eigenvalue weighted by Crippen LogP contribution is -1.92. The van der Waals surface area contributed by atoms with Crippen LogP contribution in [0.25, 0.3) is 11.6 Å². The Morgan fingerprint density at radius 1 is 1.14 bits per heavy atom. The average molecular weight is 421 g/mol. The van der Waals surface area contributed by atoms with Crippen molar-refractivity contribution in [3.63, 3.8) is 0 Å². The Morgan fingerprint density at radius 2 is 1.82 bits per heavy atom. The van der Waals surface area contributed by atoms with Crippen LogP contribution in [0.4, 0.5) is 0 Å². The number of benzene rings is 2. The molecule has 0 bridgehead atoms. The molecule has 5 heteroatoms. The van der Waals surface area contributed by atoms with Crippen LogP contribution >= 0.6 is 31.9 Å². The highest BCUT2D eigenvalue weighted by molar-refractivity contribution is 9.11. The lowest BCUT2D eigenvalue weighted by molar-refractivity contribution is 0.174. The third-order valence-electron chi connectivity index (χ3n) is 3.42. The minimum Gasteiger partial charge on any atom is -0.454 e. The summed E-state index contributed by atoms with van der Waals surface area (Å²) in [4.78, 5) is 0. The molecule has 0 fully saturated rings. The zero-order chi connectivity index (χ0) is 15.7. The number of hydrogen-bond donors (Lipinski definition) is 0. The highest BCUT2D eigenvalue weighted by atomic mass is 79.9. The molecule has 0 saturated heterocycles. The molecule has 3 nitrogen and oxygen atoms in total. The van der Waals surface area contributed by atoms with E-state index in [4.69, 9.17) is 9.47 Å². The fraction of sp³-hybridized carbons (Fsp3) is 0.118. The summed E-state index contributed by atoms with van der Waals surface area (Å²) in [6.45, 7) is 2.24. The Morgan fingerprint density at radius 3 is 2.50 bits per heavy atom. The molecular formula is C17H11Br2NO2. The van der Waals surface area contributed by atoms with Gasteiger partial charge < -0.3 is 9.47 Å². The number of ether oxygens (including phenoxy) is 2. The first-order valence-corrected chi connectivity index (χ1v) is 8.14. The van der Waals surface area contributed by atoms with E-state index in [0.717, 1.165) is 25.6 Å². The number of hydrogen-bond acceptors (Lipinski definition) is 3. The van der Waals surface area contributed by atoms with Gasteiger partial charge in [0.15, 0.2) is 11.5 Å². The van der Waals surface area contributed by atoms with Gasteiger partial charge in [0.05, 0.1) is 11.6 Å². The Hall–Kier alpha value is -1.77. The molecule has 1 aliphatic heterocycles. The molecule has 2 aromatic rings. The Balaban J connectivity index is 2.03. The predicted molar refractivity (Wildman–Crippen MR) is 92.6 cm³/mol. The van der Waals surface area contributed by atoms with Gasteiger partial charge in [0.2, 0.25) is 6.79 Å². The van der Waals surface area contributed by atoms with Gasteiger partial charge in [-0.25, -0.2) is 0 Å². The summed E-state index contributed by atoms with van der Waals surface area (Å²) in [5, 5.41) is 9.47. The van der Waals surface area contributed by atoms with Crippen molar-refractivity contribution in [2.45, 2.75) is 6.92 Å². The zero-order valence-electron chi connectivity index (χ0n) is 11.7. The van der Waals surface area contributed by atoms with E-state index in [1.165, 1.54) is 0 Å². The van der Waals surface area contributed by atoms with Crippen molar-refractivity contribution < 1.29 is 9.47 Å². The second kappa shape index (κ2) is 6.15. The molecule has 1 aliphatic rings. The number of nitriles is 1. The molecular weight excluding hydrogens is 410 g/mol. The monoisotopic (exact) mass is 419 g/mol. The van der Waals surface area contributed by atoms with Gasteiger partial charge in [-0.2, -0.15) is 5.26 Å². The van der Waals surface area contributed by atoms with Crippen molar-refractivity contribution in [2.24, 2.45) is 0 Å². The van der Waals surface area contributed by atoms with E-state index in [9.17, 15) is 5.26 Å². The molecule has 0 atom stereocenters. The first kappa shape index (κ1) is 15.1. The Bertz CT molecular complexity index is 799. The number of allylic oxidation sites excluding steroid dienone is 1. The van der Waals surface area contributed by atoms with E-state index >= 15 is 0 Å². The molecule has 2 aromatic carbocycles. The molecule has 0 amide bonds. The summed E-state index contributed by atoms with van der Waals surface area (Å²) in [5.74, 6) is 1.38. The van der Waals surface area contributed by atoms with Crippen LogP contribution in [0, 0.1) is 18.3 Å². The van der Waals surface area contributed by atoms with Crippen LogP contribution in [0.15, 0.2) is 39.3 Å². The van der Waals surface area contributed by atoms with Crippen LogP contribution in [-0.4, -0.2) is 6.79 Å². The van der Waals surface area contributed by atoms with E-state index < -0.39 is 0 Å². The second-order valence-corrected chi connectivity index (χ2v) is 6.56. The smallest absolute Gasteiger partial charge is 0.231 e. The van der Waals surface area contributed by atoms with Crippen LogP contribution < -0.4 is 9.47 Å². The minimum atomic E-state index is 0.224. The molecule has 0 radical (unpaired) electrons. The molecule has 0 unspecified atom stereocenters. The molecule has 0 aromatic heterocycles. The summed E-state index contributed by atoms with van der Waals surface area (Å²) in [5.41, 5.74) is 3.44. The molecule has 22 heavy (non-hydrogen) atoms. The molecule has 0 aliphatic carbocycles. The van der Waals surface area contributed by atoms with Crippen LogP contribution in [-0.2, 0) is 0 Å². The molecule has 110 valence electrons. The predicted octanol–water partition coefficient (Wildman–Crippen LogP) is 5.31. The lowest BCUT2D eigenvalue weighted by Gasteiger charge is -2.05. The van der Waals surface area contributed by atoms with Crippen LogP contribution in [0.3, 0.4) is 0 Å². The van der Waals surface area contributed by atoms with Crippen molar-refractivity contribution in [2.75, 3.05) is 6.79 Å². The highest BCUT2D eigenvalue weighted by Crippen LogP contribution is 2.35. The van der Waals surface area contributed by atoms with Gasteiger partial charge in [-0.05, 0) is 60.0 Å². The Labute approximate surface area is 145 Å². The first-order chi connectivity index (χ1) is 10.6. The quantitative estimate of drug-likeness (QED) is 0.488. The molecule has 0 spiro atoms. The molecule has 3 rings (SSSR count). The standard InChI is InChI=1S/C17H11Br2NO2/c1-10-14(18)5-11(6-15(10)19)4-13(8-20)12-2-3-16-17(7-12)22-9-21-16/h2-7H,9H2,1H3/b13-4-. The van der Waals surface area contributed by atoms with Crippen molar-refractivity contribution in [1.29, 1.82) is 5.26 Å². The van der Waals surface area contributed by atoms with Crippen LogP contribution in [0.5, 0.6) is 11.5 Å². The van der Waals surface area contributed by atoms with Crippen molar-refractivity contribution in [3.8, 4) is 17.6 Å². The number of halogens is 2. The van der Waals surface area contributed by atoms with E-state index in [0.29, 0.717) is 17.1 Å². The highest BCUT2D eigenvalue weighted by Gasteiger charge is 2.14. The van der Waals surface area contributed by atoms with Crippen molar-refractivity contribution in [1.82, 2.24) is 0 Å². The average Bonchev–Trinajstić information content (AvgIpc) is 2.97. The number of rotatable bonds is 2. The summed E-state index contributed by atoms with van der Waals surface area (Å²) in [7, 11) is 0. The van der Waals surface area contributed by atoms with Crippen LogP contribution in [0.2, 0.25) is 0 Å². The summed E-state index contributed by atoms with van der Waals surface area (Å²) >= 11 is 7.05. The second-order valence-electron chi connectivity index (χ2n) is 4.85. The maximum absolute atomic E-state index is 9.47. The van der Waals surface area contributed by atoms with Gasteiger partial charge in [0.25, 0.3) is 0 Å². The maximum atomic E-state index is 9.47. The lowest BCUT2D eigenvalue weighted by atomic mass is 10.0. The minimum absolute atomic E-state index is 0.224. The molecule has 1 heterocycles. The Kier molecular flexibility index (Phi) is 4.23. The molecule has 0 saturated carbocycles. The number of fused-ring (bicyclic) bond motifs is 1. The van der Waals surface area contributed by atoms with E-state index in [1.807, 2.05) is 43.3 Å². The first-order valence-electron chi connectivity index (χ1n) is 6.56. The van der Waals surface area contributed by atoms with Crippen molar-refractivity contribution in [3.05, 3.63) is 56.0 Å². The van der Waals surface area contributed by atoms with Gasteiger partial charge >= 0.3 is 0 Å². The normalized spacial score (nSPS) is 13.1. The van der Waals surface area contributed by atoms with Gasteiger partial charge in [-0.15, -0.1) is 0 Å². The van der Waals surface area contributed by atoms with E-state index in [-0.39, 0.29) is 6.79 Å². The third-order valence-corrected chi connectivity index (χ3v) is 5.07. The summed E-state index contributed by atoms with van der Waals surface area (Å²) in [6, 6.07) is 11.7. The largest absolute Gasteiger partial charge is 0.454 e. The fourth-order valence-corrected chi connectivity index (χ4v) is 3.38. The summed E-state index contributed by atoms with van der Waals surface area (Å²) < 4.78 is 12.6. The zero-order valence-corrected chi connectivity index (χ0v) is 14.9. The topological polar surface area (TPSA) is 42.2 Å². The van der Waals surface area contributed by atoms with Gasteiger partial charge in [-0.3, -0.25) is 0 Å².